The number of carbonyl (C=O) groups excluding carboxylic acids is 1. The number of benzene rings is 2. The van der Waals surface area contributed by atoms with Gasteiger partial charge in [0.15, 0.2) is 4.80 Å². The second-order valence-electron chi connectivity index (χ2n) is 7.21. The Kier molecular flexibility index (Phi) is 6.74. The van der Waals surface area contributed by atoms with Crippen molar-refractivity contribution in [1.29, 1.82) is 0 Å². The van der Waals surface area contributed by atoms with E-state index in [-0.39, 0.29) is 18.0 Å². The van der Waals surface area contributed by atoms with Crippen molar-refractivity contribution in [3.05, 3.63) is 83.2 Å². The van der Waals surface area contributed by atoms with Crippen molar-refractivity contribution in [3.8, 4) is 0 Å². The summed E-state index contributed by atoms with van der Waals surface area (Å²) in [7, 11) is -1.83. The number of rotatable bonds is 7. The van der Waals surface area contributed by atoms with Crippen LogP contribution < -0.4 is 4.80 Å². The first-order valence-corrected chi connectivity index (χ1v) is 11.9. The summed E-state index contributed by atoms with van der Waals surface area (Å²) in [6.07, 6.45) is 3.04. The summed E-state index contributed by atoms with van der Waals surface area (Å²) < 4.78 is 29.9. The lowest BCUT2D eigenvalue weighted by atomic mass is 10.1. The minimum atomic E-state index is -3.71. The van der Waals surface area contributed by atoms with Gasteiger partial charge in [-0.1, -0.05) is 29.6 Å². The van der Waals surface area contributed by atoms with Crippen molar-refractivity contribution in [1.82, 2.24) is 8.87 Å². The second-order valence-corrected chi connectivity index (χ2v) is 10.2. The normalized spacial score (nSPS) is 12.5. The molecule has 0 atom stereocenters. The Balaban J connectivity index is 1.95. The molecular weight excluding hydrogens is 430 g/mol. The van der Waals surface area contributed by atoms with Gasteiger partial charge in [-0.05, 0) is 55.3 Å². The highest BCUT2D eigenvalue weighted by Crippen LogP contribution is 2.22. The third-order valence-electron chi connectivity index (χ3n) is 4.84. The molecule has 1 heterocycles. The molecule has 8 heteroatoms. The highest BCUT2D eigenvalue weighted by Gasteiger charge is 2.22. The summed E-state index contributed by atoms with van der Waals surface area (Å²) in [5, 5.41) is 0. The minimum Gasteiger partial charge on any atom is -0.319 e. The number of carbonyl (C=O) groups is 1. The Morgan fingerprint density at radius 2 is 1.74 bits per heavy atom. The van der Waals surface area contributed by atoms with Gasteiger partial charge in [0, 0.05) is 25.7 Å². The molecule has 0 saturated heterocycles. The average Bonchev–Trinajstić information content (AvgIpc) is 3.03. The third-order valence-corrected chi connectivity index (χ3v) is 7.76. The largest absolute Gasteiger partial charge is 0.319 e. The van der Waals surface area contributed by atoms with Gasteiger partial charge < -0.3 is 4.57 Å². The van der Waals surface area contributed by atoms with Crippen LogP contribution in [-0.4, -0.2) is 36.3 Å². The lowest BCUT2D eigenvalue weighted by molar-refractivity contribution is 0.0998. The third kappa shape index (κ3) is 4.61. The Bertz CT molecular complexity index is 1320. The van der Waals surface area contributed by atoms with Crippen molar-refractivity contribution in [2.75, 3.05) is 13.1 Å². The molecule has 0 N–H and O–H groups in total. The summed E-state index contributed by atoms with van der Waals surface area (Å²) in [4.78, 5) is 17.7. The van der Waals surface area contributed by atoms with E-state index in [1.54, 1.807) is 0 Å². The molecule has 6 nitrogen and oxygen atoms in total. The van der Waals surface area contributed by atoms with E-state index in [0.29, 0.717) is 10.4 Å². The maximum Gasteiger partial charge on any atom is 0.279 e. The van der Waals surface area contributed by atoms with Crippen molar-refractivity contribution in [3.63, 3.8) is 0 Å². The smallest absolute Gasteiger partial charge is 0.279 e. The summed E-state index contributed by atoms with van der Waals surface area (Å²) in [5.74, 6) is -0.422. The zero-order chi connectivity index (χ0) is 22.8. The van der Waals surface area contributed by atoms with Crippen LogP contribution in [0.15, 0.2) is 71.6 Å². The number of fused-ring (bicyclic) bond motifs is 1. The van der Waals surface area contributed by atoms with E-state index in [9.17, 15) is 13.2 Å². The van der Waals surface area contributed by atoms with E-state index in [1.165, 1.54) is 52.1 Å². The average molecular weight is 456 g/mol. The second kappa shape index (κ2) is 9.13. The van der Waals surface area contributed by atoms with Crippen molar-refractivity contribution in [2.24, 2.45) is 12.0 Å². The molecule has 0 bridgehead atoms. The Morgan fingerprint density at radius 1 is 1.13 bits per heavy atom. The van der Waals surface area contributed by atoms with Crippen molar-refractivity contribution in [2.45, 2.75) is 18.7 Å². The summed E-state index contributed by atoms with van der Waals surface area (Å²) >= 11 is 1.45. The summed E-state index contributed by atoms with van der Waals surface area (Å²) in [5.41, 5.74) is 3.65. The molecule has 0 radical (unpaired) electrons. The lowest BCUT2D eigenvalue weighted by Gasteiger charge is -2.19. The van der Waals surface area contributed by atoms with Crippen LogP contribution in [0.5, 0.6) is 0 Å². The molecule has 0 aliphatic carbocycles. The molecule has 0 saturated carbocycles. The molecule has 3 rings (SSSR count). The highest BCUT2D eigenvalue weighted by molar-refractivity contribution is 7.89. The molecule has 1 amide bonds. The first-order chi connectivity index (χ1) is 14.7. The van der Waals surface area contributed by atoms with Gasteiger partial charge in [-0.2, -0.15) is 9.30 Å². The number of sulfonamides is 1. The van der Waals surface area contributed by atoms with Gasteiger partial charge in [0.05, 0.1) is 15.1 Å². The Morgan fingerprint density at radius 3 is 2.32 bits per heavy atom. The molecule has 31 heavy (non-hydrogen) atoms. The first kappa shape index (κ1) is 22.9. The Hall–Kier alpha value is -2.81. The molecule has 0 spiro atoms. The van der Waals surface area contributed by atoms with Gasteiger partial charge in [0.2, 0.25) is 10.0 Å². The van der Waals surface area contributed by atoms with Gasteiger partial charge in [-0.15, -0.1) is 13.2 Å². The molecule has 1 aromatic heterocycles. The van der Waals surface area contributed by atoms with Crippen LogP contribution in [0.4, 0.5) is 0 Å². The van der Waals surface area contributed by atoms with Crippen LogP contribution in [-0.2, 0) is 17.1 Å². The van der Waals surface area contributed by atoms with E-state index in [0.717, 1.165) is 21.3 Å². The van der Waals surface area contributed by atoms with Gasteiger partial charge in [-0.3, -0.25) is 4.79 Å². The van der Waals surface area contributed by atoms with E-state index < -0.39 is 15.9 Å². The van der Waals surface area contributed by atoms with Gasteiger partial charge in [-0.25, -0.2) is 8.42 Å². The fourth-order valence-electron chi connectivity index (χ4n) is 3.42. The molecule has 0 aliphatic heterocycles. The number of hydrogen-bond acceptors (Lipinski definition) is 4. The highest BCUT2D eigenvalue weighted by atomic mass is 32.2. The predicted molar refractivity (Wildman–Crippen MR) is 126 cm³/mol. The van der Waals surface area contributed by atoms with Crippen LogP contribution >= 0.6 is 11.3 Å². The summed E-state index contributed by atoms with van der Waals surface area (Å²) in [6, 6.07) is 10.0. The fourth-order valence-corrected chi connectivity index (χ4v) is 5.99. The molecule has 0 unspecified atom stereocenters. The first-order valence-electron chi connectivity index (χ1n) is 9.67. The SMILES string of the molecule is C=CCN(CC=C)S(=O)(=O)c1ccc(C(=O)N=c2sc3cc(C)cc(C)c3n2C)cc1. The zero-order valence-corrected chi connectivity index (χ0v) is 19.5. The maximum atomic E-state index is 12.8. The van der Waals surface area contributed by atoms with E-state index in [1.807, 2.05) is 25.5 Å². The Labute approximate surface area is 186 Å². The van der Waals surface area contributed by atoms with Crippen LogP contribution in [0.2, 0.25) is 0 Å². The molecule has 162 valence electrons. The molecule has 0 aliphatic rings. The lowest BCUT2D eigenvalue weighted by Crippen LogP contribution is -2.31. The number of amides is 1. The predicted octanol–water partition coefficient (Wildman–Crippen LogP) is 3.96. The molecule has 3 aromatic rings. The van der Waals surface area contributed by atoms with Crippen LogP contribution in [0.25, 0.3) is 10.2 Å². The standard InChI is InChI=1S/C23H25N3O3S2/c1-6-12-26(13-7-2)31(28,29)19-10-8-18(9-11-19)22(27)24-23-25(5)21-17(4)14-16(3)15-20(21)30-23/h6-11,14-15H,1-2,12-13H2,3-5H3. The van der Waals surface area contributed by atoms with Crippen molar-refractivity contribution >= 4 is 37.5 Å². The van der Waals surface area contributed by atoms with Crippen LogP contribution in [0, 0.1) is 13.8 Å². The number of aromatic nitrogens is 1. The van der Waals surface area contributed by atoms with E-state index in [4.69, 9.17) is 0 Å². The van der Waals surface area contributed by atoms with E-state index in [2.05, 4.69) is 30.3 Å². The number of nitrogens with zero attached hydrogens (tertiary/aromatic N) is 3. The zero-order valence-electron chi connectivity index (χ0n) is 17.8. The summed E-state index contributed by atoms with van der Waals surface area (Å²) in [6.45, 7) is 11.6. The molecule has 0 fully saturated rings. The quantitative estimate of drug-likeness (QED) is 0.506. The van der Waals surface area contributed by atoms with Crippen molar-refractivity contribution < 1.29 is 13.2 Å². The maximum absolute atomic E-state index is 12.8. The van der Waals surface area contributed by atoms with Gasteiger partial charge >= 0.3 is 0 Å². The molecular formula is C23H25N3O3S2. The van der Waals surface area contributed by atoms with Gasteiger partial charge in [0.1, 0.15) is 0 Å². The molecule has 2 aromatic carbocycles. The van der Waals surface area contributed by atoms with Crippen LogP contribution in [0.3, 0.4) is 0 Å². The number of hydrogen-bond donors (Lipinski definition) is 0. The topological polar surface area (TPSA) is 71.7 Å². The minimum absolute atomic E-state index is 0.103. The number of thiazole rings is 1. The van der Waals surface area contributed by atoms with E-state index >= 15 is 0 Å². The van der Waals surface area contributed by atoms with Gasteiger partial charge in [0.25, 0.3) is 5.91 Å². The number of aryl methyl sites for hydroxylation is 3. The van der Waals surface area contributed by atoms with Crippen LogP contribution in [0.1, 0.15) is 21.5 Å². The fraction of sp³-hybridized carbons (Fsp3) is 0.217. The monoisotopic (exact) mass is 455 g/mol.